The fraction of sp³-hybridized carbons (Fsp3) is 0.308. The minimum atomic E-state index is -0.767. The Kier molecular flexibility index (Phi) is 2.59. The Morgan fingerprint density at radius 2 is 2.17 bits per heavy atom. The molecule has 2 aromatic rings. The van der Waals surface area contributed by atoms with Crippen LogP contribution in [0.5, 0.6) is 0 Å². The number of pyridine rings is 1. The summed E-state index contributed by atoms with van der Waals surface area (Å²) in [7, 11) is 0. The van der Waals surface area contributed by atoms with Crippen molar-refractivity contribution in [2.75, 3.05) is 0 Å². The van der Waals surface area contributed by atoms with Gasteiger partial charge in [-0.2, -0.15) is 0 Å². The van der Waals surface area contributed by atoms with Crippen molar-refractivity contribution in [1.29, 1.82) is 0 Å². The highest BCUT2D eigenvalue weighted by atomic mass is 16.4. The third-order valence-corrected chi connectivity index (χ3v) is 3.35. The number of carboxylic acids is 1. The Hall–Kier alpha value is -2.17. The fourth-order valence-electron chi connectivity index (χ4n) is 2.48. The molecule has 0 aliphatic carbocycles. The summed E-state index contributed by atoms with van der Waals surface area (Å²) >= 11 is 0. The molecule has 3 rings (SSSR count). The third-order valence-electron chi connectivity index (χ3n) is 3.35. The summed E-state index contributed by atoms with van der Waals surface area (Å²) < 4.78 is 2.01. The highest BCUT2D eigenvalue weighted by molar-refractivity contribution is 5.76. The van der Waals surface area contributed by atoms with Gasteiger partial charge in [-0.25, -0.2) is 4.98 Å². The Balaban J connectivity index is 2.08. The van der Waals surface area contributed by atoms with E-state index in [1.54, 1.807) is 18.6 Å². The van der Waals surface area contributed by atoms with Gasteiger partial charge >= 0.3 is 5.97 Å². The molecular weight excluding hydrogens is 230 g/mol. The van der Waals surface area contributed by atoms with Gasteiger partial charge in [-0.3, -0.25) is 9.78 Å². The first-order chi connectivity index (χ1) is 8.77. The van der Waals surface area contributed by atoms with Crippen LogP contribution in [0, 0.1) is 0 Å². The molecule has 1 unspecified atom stereocenters. The van der Waals surface area contributed by atoms with Gasteiger partial charge in [-0.15, -0.1) is 0 Å². The molecule has 0 spiro atoms. The van der Waals surface area contributed by atoms with Crippen LogP contribution < -0.4 is 0 Å². The predicted molar refractivity (Wildman–Crippen MR) is 65.1 cm³/mol. The van der Waals surface area contributed by atoms with Gasteiger partial charge in [-0.05, 0) is 25.0 Å². The van der Waals surface area contributed by atoms with Crippen LogP contribution in [0.4, 0.5) is 0 Å². The maximum atomic E-state index is 11.2. The summed E-state index contributed by atoms with van der Waals surface area (Å²) in [6.07, 6.45) is 6.69. The number of aliphatic carboxylic acids is 1. The number of hydrogen-bond acceptors (Lipinski definition) is 3. The van der Waals surface area contributed by atoms with Gasteiger partial charge in [-0.1, -0.05) is 0 Å². The Bertz CT molecular complexity index is 577. The van der Waals surface area contributed by atoms with Gasteiger partial charge in [0.1, 0.15) is 5.82 Å². The number of carbonyl (C=O) groups is 1. The smallest absolute Gasteiger partial charge is 0.312 e. The first-order valence-corrected chi connectivity index (χ1v) is 5.96. The monoisotopic (exact) mass is 243 g/mol. The number of rotatable bonds is 2. The van der Waals surface area contributed by atoms with E-state index in [0.29, 0.717) is 6.42 Å². The molecule has 92 valence electrons. The van der Waals surface area contributed by atoms with E-state index in [0.717, 1.165) is 30.0 Å². The zero-order valence-corrected chi connectivity index (χ0v) is 9.78. The second kappa shape index (κ2) is 4.25. The molecule has 0 amide bonds. The van der Waals surface area contributed by atoms with Crippen molar-refractivity contribution < 1.29 is 9.90 Å². The second-order valence-electron chi connectivity index (χ2n) is 4.43. The molecule has 1 atom stereocenters. The van der Waals surface area contributed by atoms with Crippen LogP contribution in [0.3, 0.4) is 0 Å². The fourth-order valence-corrected chi connectivity index (χ4v) is 2.48. The maximum Gasteiger partial charge on any atom is 0.312 e. The van der Waals surface area contributed by atoms with Gasteiger partial charge in [0.05, 0.1) is 11.6 Å². The van der Waals surface area contributed by atoms with Crippen LogP contribution in [-0.4, -0.2) is 25.6 Å². The molecule has 0 fully saturated rings. The van der Waals surface area contributed by atoms with Crippen molar-refractivity contribution in [3.63, 3.8) is 0 Å². The van der Waals surface area contributed by atoms with Crippen molar-refractivity contribution in [3.05, 3.63) is 36.4 Å². The first-order valence-electron chi connectivity index (χ1n) is 5.96. The second-order valence-corrected chi connectivity index (χ2v) is 4.43. The highest BCUT2D eigenvalue weighted by Gasteiger charge is 2.28. The molecular formula is C13H13N3O2. The van der Waals surface area contributed by atoms with E-state index in [2.05, 4.69) is 9.97 Å². The average Bonchev–Trinajstić information content (AvgIpc) is 2.83. The summed E-state index contributed by atoms with van der Waals surface area (Å²) in [6, 6.07) is 3.78. The van der Waals surface area contributed by atoms with Crippen LogP contribution in [0.1, 0.15) is 24.5 Å². The van der Waals surface area contributed by atoms with Crippen molar-refractivity contribution >= 4 is 5.97 Å². The SMILES string of the molecule is O=C(O)C1CCCn2c1cnc2-c1ccncc1. The Morgan fingerprint density at radius 3 is 2.89 bits per heavy atom. The molecule has 3 heterocycles. The molecule has 5 nitrogen and oxygen atoms in total. The van der Waals surface area contributed by atoms with E-state index >= 15 is 0 Å². The molecule has 1 aliphatic rings. The van der Waals surface area contributed by atoms with Crippen molar-refractivity contribution in [2.24, 2.45) is 0 Å². The van der Waals surface area contributed by atoms with Gasteiger partial charge in [0, 0.05) is 30.7 Å². The van der Waals surface area contributed by atoms with E-state index in [9.17, 15) is 9.90 Å². The first kappa shape index (κ1) is 11.0. The van der Waals surface area contributed by atoms with E-state index < -0.39 is 11.9 Å². The number of imidazole rings is 1. The normalized spacial score (nSPS) is 18.3. The lowest BCUT2D eigenvalue weighted by Gasteiger charge is -2.22. The zero-order chi connectivity index (χ0) is 12.5. The van der Waals surface area contributed by atoms with Crippen molar-refractivity contribution in [3.8, 4) is 11.4 Å². The predicted octanol–water partition coefficient (Wildman–Crippen LogP) is 1.91. The molecule has 0 saturated heterocycles. The van der Waals surface area contributed by atoms with Gasteiger partial charge in [0.2, 0.25) is 0 Å². The standard InChI is InChI=1S/C13H13N3O2/c17-13(18)10-2-1-7-16-11(10)8-15-12(16)9-3-5-14-6-4-9/h3-6,8,10H,1-2,7H2,(H,17,18). The minimum absolute atomic E-state index is 0.429. The van der Waals surface area contributed by atoms with Crippen LogP contribution in [0.25, 0.3) is 11.4 Å². The number of aromatic nitrogens is 3. The molecule has 0 aromatic carbocycles. The molecule has 0 saturated carbocycles. The van der Waals surface area contributed by atoms with Gasteiger partial charge in [0.25, 0.3) is 0 Å². The lowest BCUT2D eigenvalue weighted by atomic mass is 9.96. The van der Waals surface area contributed by atoms with Gasteiger partial charge in [0.15, 0.2) is 0 Å². The summed E-state index contributed by atoms with van der Waals surface area (Å²) in [5.74, 6) is -0.364. The number of nitrogens with zero attached hydrogens (tertiary/aromatic N) is 3. The van der Waals surface area contributed by atoms with Crippen molar-refractivity contribution in [2.45, 2.75) is 25.3 Å². The van der Waals surface area contributed by atoms with Crippen LogP contribution >= 0.6 is 0 Å². The average molecular weight is 243 g/mol. The summed E-state index contributed by atoms with van der Waals surface area (Å²) in [5, 5.41) is 9.21. The Labute approximate surface area is 104 Å². The molecule has 5 heteroatoms. The third kappa shape index (κ3) is 1.68. The molecule has 0 radical (unpaired) electrons. The molecule has 18 heavy (non-hydrogen) atoms. The topological polar surface area (TPSA) is 68.0 Å². The molecule has 0 bridgehead atoms. The molecule has 1 N–H and O–H groups in total. The van der Waals surface area contributed by atoms with E-state index in [-0.39, 0.29) is 0 Å². The highest BCUT2D eigenvalue weighted by Crippen LogP contribution is 2.31. The summed E-state index contributed by atoms with van der Waals surface area (Å²) in [5.41, 5.74) is 1.78. The maximum absolute atomic E-state index is 11.2. The van der Waals surface area contributed by atoms with Crippen LogP contribution in [0.2, 0.25) is 0 Å². The Morgan fingerprint density at radius 1 is 1.39 bits per heavy atom. The molecule has 2 aromatic heterocycles. The van der Waals surface area contributed by atoms with E-state index in [4.69, 9.17) is 0 Å². The number of carboxylic acid groups (broad SMARTS) is 1. The van der Waals surface area contributed by atoms with E-state index in [1.165, 1.54) is 0 Å². The van der Waals surface area contributed by atoms with Gasteiger partial charge < -0.3 is 9.67 Å². The number of hydrogen-bond donors (Lipinski definition) is 1. The lowest BCUT2D eigenvalue weighted by Crippen LogP contribution is -2.21. The minimum Gasteiger partial charge on any atom is -0.481 e. The largest absolute Gasteiger partial charge is 0.481 e. The van der Waals surface area contributed by atoms with Crippen LogP contribution in [0.15, 0.2) is 30.7 Å². The zero-order valence-electron chi connectivity index (χ0n) is 9.78. The number of fused-ring (bicyclic) bond motifs is 1. The van der Waals surface area contributed by atoms with E-state index in [1.807, 2.05) is 16.7 Å². The summed E-state index contributed by atoms with van der Waals surface area (Å²) in [6.45, 7) is 0.830. The quantitative estimate of drug-likeness (QED) is 0.874. The summed E-state index contributed by atoms with van der Waals surface area (Å²) in [4.78, 5) is 19.6. The van der Waals surface area contributed by atoms with Crippen LogP contribution in [-0.2, 0) is 11.3 Å². The van der Waals surface area contributed by atoms with Crippen molar-refractivity contribution in [1.82, 2.24) is 14.5 Å². The lowest BCUT2D eigenvalue weighted by molar-refractivity contribution is -0.139. The molecule has 1 aliphatic heterocycles.